The second-order valence-corrected chi connectivity index (χ2v) is 6.24. The summed E-state index contributed by atoms with van der Waals surface area (Å²) in [7, 11) is 1.39. The predicted octanol–water partition coefficient (Wildman–Crippen LogP) is 2.73. The summed E-state index contributed by atoms with van der Waals surface area (Å²) in [5, 5.41) is 3.05. The van der Waals surface area contributed by atoms with Crippen LogP contribution in [0.4, 0.5) is 4.79 Å². The number of hydrogen-bond acceptors (Lipinski definition) is 3. The summed E-state index contributed by atoms with van der Waals surface area (Å²) in [6.07, 6.45) is 2.44. The zero-order valence-corrected chi connectivity index (χ0v) is 14.3. The van der Waals surface area contributed by atoms with Gasteiger partial charge in [0.15, 0.2) is 0 Å². The number of hydrogen-bond donors (Lipinski definition) is 1. The quantitative estimate of drug-likeness (QED) is 0.888. The molecule has 6 heteroatoms. The van der Waals surface area contributed by atoms with Crippen molar-refractivity contribution < 1.29 is 14.3 Å². The number of rotatable bonds is 4. The van der Waals surface area contributed by atoms with Gasteiger partial charge in [-0.15, -0.1) is 0 Å². The van der Waals surface area contributed by atoms with Crippen LogP contribution in [0.2, 0.25) is 0 Å². The lowest BCUT2D eigenvalue weighted by Crippen LogP contribution is -2.46. The number of benzene rings is 1. The number of ether oxygens (including phenoxy) is 1. The van der Waals surface area contributed by atoms with E-state index in [0.29, 0.717) is 25.9 Å². The van der Waals surface area contributed by atoms with Crippen molar-refractivity contribution in [2.24, 2.45) is 0 Å². The lowest BCUT2D eigenvalue weighted by atomic mass is 10.0. The highest BCUT2D eigenvalue weighted by molar-refractivity contribution is 9.10. The van der Waals surface area contributed by atoms with E-state index in [0.717, 1.165) is 22.9 Å². The fraction of sp³-hybridized carbons (Fsp3) is 0.500. The van der Waals surface area contributed by atoms with Crippen molar-refractivity contribution in [3.8, 4) is 0 Å². The first-order chi connectivity index (χ1) is 10.6. The second kappa shape index (κ2) is 8.17. The van der Waals surface area contributed by atoms with Crippen LogP contribution in [0.5, 0.6) is 0 Å². The Hall–Kier alpha value is -1.56. The molecule has 1 aromatic rings. The van der Waals surface area contributed by atoms with Gasteiger partial charge in [-0.05, 0) is 30.9 Å². The van der Waals surface area contributed by atoms with E-state index < -0.39 is 0 Å². The minimum absolute atomic E-state index is 0.0623. The Kier molecular flexibility index (Phi) is 6.24. The summed E-state index contributed by atoms with van der Waals surface area (Å²) in [5.74, 6) is 0.0623. The summed E-state index contributed by atoms with van der Waals surface area (Å²) in [5.41, 5.74) is 1.14. The van der Waals surface area contributed by atoms with Gasteiger partial charge >= 0.3 is 6.09 Å². The number of amides is 2. The van der Waals surface area contributed by atoms with Crippen LogP contribution in [-0.2, 0) is 16.0 Å². The lowest BCUT2D eigenvalue weighted by Gasteiger charge is -2.31. The molecule has 0 saturated carbocycles. The Bertz CT molecular complexity index is 528. The first kappa shape index (κ1) is 16.8. The van der Waals surface area contributed by atoms with Gasteiger partial charge in [0, 0.05) is 30.0 Å². The summed E-state index contributed by atoms with van der Waals surface area (Å²) in [4.78, 5) is 25.1. The normalized spacial score (nSPS) is 15.5. The molecular weight excluding hydrogens is 348 g/mol. The number of nitrogens with one attached hydrogen (secondary N) is 1. The molecule has 2 amide bonds. The van der Waals surface area contributed by atoms with Gasteiger partial charge in [0.25, 0.3) is 0 Å². The summed E-state index contributed by atoms with van der Waals surface area (Å²) in [6, 6.07) is 8.08. The number of likely N-dealkylation sites (tertiary alicyclic amines) is 1. The van der Waals surface area contributed by atoms with E-state index in [4.69, 9.17) is 4.74 Å². The Morgan fingerprint density at radius 1 is 1.32 bits per heavy atom. The molecule has 0 unspecified atom stereocenters. The SMILES string of the molecule is COC(=O)N1CCC(NC(=O)CCc2ccccc2Br)CC1. The van der Waals surface area contributed by atoms with Crippen LogP contribution in [0, 0.1) is 0 Å². The topological polar surface area (TPSA) is 58.6 Å². The van der Waals surface area contributed by atoms with Crippen molar-refractivity contribution in [2.75, 3.05) is 20.2 Å². The molecule has 0 aliphatic carbocycles. The highest BCUT2D eigenvalue weighted by atomic mass is 79.9. The Balaban J connectivity index is 1.72. The number of aryl methyl sites for hydroxylation is 1. The van der Waals surface area contributed by atoms with Gasteiger partial charge in [-0.1, -0.05) is 34.1 Å². The molecule has 1 aliphatic heterocycles. The zero-order valence-electron chi connectivity index (χ0n) is 12.7. The number of nitrogens with zero attached hydrogens (tertiary/aromatic N) is 1. The molecule has 1 saturated heterocycles. The summed E-state index contributed by atoms with van der Waals surface area (Å²) in [6.45, 7) is 1.25. The number of methoxy groups -OCH3 is 1. The predicted molar refractivity (Wildman–Crippen MR) is 87.6 cm³/mol. The number of carbonyl (C=O) groups is 2. The van der Waals surface area contributed by atoms with E-state index in [1.54, 1.807) is 4.90 Å². The number of carbonyl (C=O) groups excluding carboxylic acids is 2. The van der Waals surface area contributed by atoms with Crippen LogP contribution in [0.1, 0.15) is 24.8 Å². The fourth-order valence-electron chi connectivity index (χ4n) is 2.58. The van der Waals surface area contributed by atoms with Crippen LogP contribution in [-0.4, -0.2) is 43.1 Å². The van der Waals surface area contributed by atoms with E-state index in [1.165, 1.54) is 7.11 Å². The van der Waals surface area contributed by atoms with Gasteiger partial charge < -0.3 is 15.0 Å². The lowest BCUT2D eigenvalue weighted by molar-refractivity contribution is -0.122. The third-order valence-electron chi connectivity index (χ3n) is 3.87. The van der Waals surface area contributed by atoms with Crippen molar-refractivity contribution in [1.82, 2.24) is 10.2 Å². The van der Waals surface area contributed by atoms with Crippen molar-refractivity contribution in [3.05, 3.63) is 34.3 Å². The largest absolute Gasteiger partial charge is 0.453 e. The number of halogens is 1. The monoisotopic (exact) mass is 368 g/mol. The average molecular weight is 369 g/mol. The van der Waals surface area contributed by atoms with Gasteiger partial charge in [-0.2, -0.15) is 0 Å². The molecule has 0 bridgehead atoms. The van der Waals surface area contributed by atoms with Crippen molar-refractivity contribution in [3.63, 3.8) is 0 Å². The van der Waals surface area contributed by atoms with E-state index in [9.17, 15) is 9.59 Å². The van der Waals surface area contributed by atoms with E-state index >= 15 is 0 Å². The minimum atomic E-state index is -0.293. The molecule has 0 spiro atoms. The molecule has 1 aromatic carbocycles. The second-order valence-electron chi connectivity index (χ2n) is 5.39. The van der Waals surface area contributed by atoms with Crippen LogP contribution < -0.4 is 5.32 Å². The smallest absolute Gasteiger partial charge is 0.409 e. The molecule has 1 N–H and O–H groups in total. The molecule has 1 aliphatic rings. The molecule has 1 heterocycles. The van der Waals surface area contributed by atoms with Gasteiger partial charge in [0.05, 0.1) is 7.11 Å². The van der Waals surface area contributed by atoms with Gasteiger partial charge in [-0.3, -0.25) is 4.79 Å². The van der Waals surface area contributed by atoms with Gasteiger partial charge in [0.2, 0.25) is 5.91 Å². The van der Waals surface area contributed by atoms with Crippen LogP contribution in [0.15, 0.2) is 28.7 Å². The van der Waals surface area contributed by atoms with Gasteiger partial charge in [0.1, 0.15) is 0 Å². The fourth-order valence-corrected chi connectivity index (χ4v) is 3.07. The van der Waals surface area contributed by atoms with Crippen LogP contribution in [0.3, 0.4) is 0 Å². The van der Waals surface area contributed by atoms with Crippen molar-refractivity contribution >= 4 is 27.9 Å². The van der Waals surface area contributed by atoms with Crippen LogP contribution in [0.25, 0.3) is 0 Å². The highest BCUT2D eigenvalue weighted by Gasteiger charge is 2.24. The average Bonchev–Trinajstić information content (AvgIpc) is 2.54. The third-order valence-corrected chi connectivity index (χ3v) is 4.65. The Morgan fingerprint density at radius 2 is 2.00 bits per heavy atom. The molecule has 120 valence electrons. The first-order valence-corrected chi connectivity index (χ1v) is 8.25. The number of piperidine rings is 1. The summed E-state index contributed by atoms with van der Waals surface area (Å²) < 4.78 is 5.74. The molecule has 0 radical (unpaired) electrons. The standard InChI is InChI=1S/C16H21BrN2O3/c1-22-16(21)19-10-8-13(9-11-19)18-15(20)7-6-12-4-2-3-5-14(12)17/h2-5,13H,6-11H2,1H3,(H,18,20). The van der Waals surface area contributed by atoms with E-state index in [-0.39, 0.29) is 18.0 Å². The summed E-state index contributed by atoms with van der Waals surface area (Å²) >= 11 is 3.49. The maximum atomic E-state index is 12.0. The maximum Gasteiger partial charge on any atom is 0.409 e. The molecule has 22 heavy (non-hydrogen) atoms. The molecule has 5 nitrogen and oxygen atoms in total. The first-order valence-electron chi connectivity index (χ1n) is 7.46. The molecule has 2 rings (SSSR count). The van der Waals surface area contributed by atoms with Crippen LogP contribution >= 0.6 is 15.9 Å². The van der Waals surface area contributed by atoms with E-state index in [1.807, 2.05) is 24.3 Å². The Labute approximate surface area is 139 Å². The molecule has 1 fully saturated rings. The van der Waals surface area contributed by atoms with E-state index in [2.05, 4.69) is 21.2 Å². The molecular formula is C16H21BrN2O3. The third kappa shape index (κ3) is 4.73. The molecule has 0 atom stereocenters. The Morgan fingerprint density at radius 3 is 2.64 bits per heavy atom. The zero-order chi connectivity index (χ0) is 15.9. The minimum Gasteiger partial charge on any atom is -0.453 e. The van der Waals surface area contributed by atoms with Crippen molar-refractivity contribution in [2.45, 2.75) is 31.7 Å². The maximum absolute atomic E-state index is 12.0. The van der Waals surface area contributed by atoms with Gasteiger partial charge in [-0.25, -0.2) is 4.79 Å². The highest BCUT2D eigenvalue weighted by Crippen LogP contribution is 2.17. The van der Waals surface area contributed by atoms with Crippen molar-refractivity contribution in [1.29, 1.82) is 0 Å². The molecule has 0 aromatic heterocycles.